The lowest BCUT2D eigenvalue weighted by Gasteiger charge is -1.98. The Morgan fingerprint density at radius 3 is 2.94 bits per heavy atom. The predicted molar refractivity (Wildman–Crippen MR) is 64.2 cm³/mol. The lowest BCUT2D eigenvalue weighted by atomic mass is 10.3. The van der Waals surface area contributed by atoms with Crippen molar-refractivity contribution in [3.05, 3.63) is 41.4 Å². The summed E-state index contributed by atoms with van der Waals surface area (Å²) < 4.78 is 1.80. The Morgan fingerprint density at radius 2 is 2.19 bits per heavy atom. The number of thiophene rings is 1. The monoisotopic (exact) mass is 230 g/mol. The van der Waals surface area contributed by atoms with Gasteiger partial charge in [-0.1, -0.05) is 12.1 Å². The summed E-state index contributed by atoms with van der Waals surface area (Å²) >= 11 is 1.64. The molecule has 0 radical (unpaired) electrons. The van der Waals surface area contributed by atoms with Crippen LogP contribution in [0.25, 0.3) is 16.3 Å². The van der Waals surface area contributed by atoms with E-state index in [1.165, 1.54) is 0 Å². The van der Waals surface area contributed by atoms with Gasteiger partial charge in [0, 0.05) is 6.54 Å². The van der Waals surface area contributed by atoms with Crippen LogP contribution in [0.3, 0.4) is 0 Å². The third-order valence-corrected chi connectivity index (χ3v) is 3.25. The second-order valence-electron chi connectivity index (χ2n) is 3.40. The summed E-state index contributed by atoms with van der Waals surface area (Å²) in [6.45, 7) is 0.463. The molecule has 3 aromatic rings. The molecule has 2 N–H and O–H groups in total. The predicted octanol–water partition coefficient (Wildman–Crippen LogP) is 1.92. The average Bonchev–Trinajstić information content (AvgIpc) is 2.96. The van der Waals surface area contributed by atoms with Gasteiger partial charge in [0.25, 0.3) is 0 Å². The van der Waals surface area contributed by atoms with Gasteiger partial charge in [-0.15, -0.1) is 16.4 Å². The first kappa shape index (κ1) is 9.50. The molecule has 0 unspecified atom stereocenters. The second-order valence-corrected chi connectivity index (χ2v) is 4.35. The molecule has 0 aliphatic rings. The molecule has 3 aromatic heterocycles. The molecule has 0 aromatic carbocycles. The Kier molecular flexibility index (Phi) is 2.19. The topological polar surface area (TPSA) is 56.2 Å². The van der Waals surface area contributed by atoms with Crippen LogP contribution in [0.15, 0.2) is 35.7 Å². The molecule has 0 fully saturated rings. The Hall–Kier alpha value is -1.72. The molecule has 0 bridgehead atoms. The molecule has 0 spiro atoms. The van der Waals surface area contributed by atoms with E-state index in [4.69, 9.17) is 5.73 Å². The highest BCUT2D eigenvalue weighted by Crippen LogP contribution is 2.21. The van der Waals surface area contributed by atoms with Crippen molar-refractivity contribution in [2.45, 2.75) is 6.54 Å². The van der Waals surface area contributed by atoms with Gasteiger partial charge in [-0.05, 0) is 23.6 Å². The van der Waals surface area contributed by atoms with Crippen molar-refractivity contribution >= 4 is 17.0 Å². The quantitative estimate of drug-likeness (QED) is 0.731. The molecular formula is C11H10N4S. The van der Waals surface area contributed by atoms with Gasteiger partial charge in [-0.25, -0.2) is 9.50 Å². The third kappa shape index (κ3) is 1.41. The van der Waals surface area contributed by atoms with E-state index in [1.54, 1.807) is 15.9 Å². The maximum atomic E-state index is 5.66. The molecular weight excluding hydrogens is 220 g/mol. The summed E-state index contributed by atoms with van der Waals surface area (Å²) in [5.74, 6) is 0.760. The van der Waals surface area contributed by atoms with Crippen LogP contribution in [0.5, 0.6) is 0 Å². The van der Waals surface area contributed by atoms with E-state index in [2.05, 4.69) is 10.1 Å². The molecule has 4 nitrogen and oxygen atoms in total. The number of hydrogen-bond acceptors (Lipinski definition) is 4. The summed E-state index contributed by atoms with van der Waals surface area (Å²) in [6.07, 6.45) is 0. The lowest BCUT2D eigenvalue weighted by molar-refractivity contribution is 0.853. The van der Waals surface area contributed by atoms with Crippen molar-refractivity contribution in [3.63, 3.8) is 0 Å². The number of nitrogens with two attached hydrogens (primary N) is 1. The fraction of sp³-hybridized carbons (Fsp3) is 0.0909. The average molecular weight is 230 g/mol. The van der Waals surface area contributed by atoms with Gasteiger partial charge >= 0.3 is 0 Å². The van der Waals surface area contributed by atoms with Crippen LogP contribution in [0, 0.1) is 0 Å². The highest BCUT2D eigenvalue weighted by molar-refractivity contribution is 7.13. The van der Waals surface area contributed by atoms with Crippen LogP contribution >= 0.6 is 11.3 Å². The Morgan fingerprint density at radius 1 is 1.25 bits per heavy atom. The van der Waals surface area contributed by atoms with Crippen LogP contribution in [-0.2, 0) is 6.54 Å². The fourth-order valence-electron chi connectivity index (χ4n) is 1.62. The van der Waals surface area contributed by atoms with Crippen molar-refractivity contribution in [3.8, 4) is 10.7 Å². The summed E-state index contributed by atoms with van der Waals surface area (Å²) in [5.41, 5.74) is 7.46. The minimum atomic E-state index is 0.463. The minimum Gasteiger partial charge on any atom is -0.325 e. The highest BCUT2D eigenvalue weighted by atomic mass is 32.1. The Balaban J connectivity index is 2.23. The van der Waals surface area contributed by atoms with Crippen LogP contribution in [0.2, 0.25) is 0 Å². The molecule has 16 heavy (non-hydrogen) atoms. The summed E-state index contributed by atoms with van der Waals surface area (Å²) in [6, 6.07) is 9.85. The van der Waals surface area contributed by atoms with Gasteiger partial charge in [-0.2, -0.15) is 0 Å². The minimum absolute atomic E-state index is 0.463. The van der Waals surface area contributed by atoms with Crippen LogP contribution in [0.1, 0.15) is 5.69 Å². The zero-order valence-electron chi connectivity index (χ0n) is 8.50. The fourth-order valence-corrected chi connectivity index (χ4v) is 2.28. The first-order valence-corrected chi connectivity index (χ1v) is 5.85. The third-order valence-electron chi connectivity index (χ3n) is 2.39. The van der Waals surface area contributed by atoms with Gasteiger partial charge in [0.1, 0.15) is 0 Å². The van der Waals surface area contributed by atoms with Crippen molar-refractivity contribution in [2.24, 2.45) is 5.73 Å². The molecule has 3 heterocycles. The molecule has 3 rings (SSSR count). The standard InChI is InChI=1S/C11H10N4S/c12-7-8-3-1-5-10-13-11(14-15(8)10)9-4-2-6-16-9/h1-6H,7,12H2. The van der Waals surface area contributed by atoms with Crippen molar-refractivity contribution in [1.29, 1.82) is 0 Å². The molecule has 0 saturated heterocycles. The second kappa shape index (κ2) is 3.70. The van der Waals surface area contributed by atoms with Crippen molar-refractivity contribution < 1.29 is 0 Å². The SMILES string of the molecule is NCc1cccc2nc(-c3cccs3)nn12. The smallest absolute Gasteiger partial charge is 0.192 e. The van der Waals surface area contributed by atoms with Crippen LogP contribution in [-0.4, -0.2) is 14.6 Å². The van der Waals surface area contributed by atoms with E-state index in [-0.39, 0.29) is 0 Å². The van der Waals surface area contributed by atoms with E-state index in [0.717, 1.165) is 22.0 Å². The highest BCUT2D eigenvalue weighted by Gasteiger charge is 2.08. The summed E-state index contributed by atoms with van der Waals surface area (Å²) in [7, 11) is 0. The first-order valence-electron chi connectivity index (χ1n) is 4.97. The van der Waals surface area contributed by atoms with Gasteiger partial charge in [0.15, 0.2) is 11.5 Å². The van der Waals surface area contributed by atoms with E-state index >= 15 is 0 Å². The number of fused-ring (bicyclic) bond motifs is 1. The largest absolute Gasteiger partial charge is 0.325 e. The Bertz CT molecular complexity index is 612. The van der Waals surface area contributed by atoms with E-state index < -0.39 is 0 Å². The number of pyridine rings is 1. The Labute approximate surface area is 96.4 Å². The molecule has 80 valence electrons. The van der Waals surface area contributed by atoms with Crippen molar-refractivity contribution in [2.75, 3.05) is 0 Å². The summed E-state index contributed by atoms with van der Waals surface area (Å²) in [5, 5.41) is 6.48. The first-order chi connectivity index (χ1) is 7.88. The molecule has 0 atom stereocenters. The van der Waals surface area contributed by atoms with E-state index in [9.17, 15) is 0 Å². The van der Waals surface area contributed by atoms with Gasteiger partial charge in [0.05, 0.1) is 10.6 Å². The number of rotatable bonds is 2. The summed E-state index contributed by atoms with van der Waals surface area (Å²) in [4.78, 5) is 5.55. The molecule has 0 aliphatic carbocycles. The zero-order valence-corrected chi connectivity index (χ0v) is 9.31. The van der Waals surface area contributed by atoms with Crippen LogP contribution in [0.4, 0.5) is 0 Å². The van der Waals surface area contributed by atoms with E-state index in [0.29, 0.717) is 6.54 Å². The molecule has 0 aliphatic heterocycles. The number of hydrogen-bond donors (Lipinski definition) is 1. The van der Waals surface area contributed by atoms with Crippen molar-refractivity contribution in [1.82, 2.24) is 14.6 Å². The molecule has 0 amide bonds. The van der Waals surface area contributed by atoms with E-state index in [1.807, 2.05) is 35.7 Å². The maximum absolute atomic E-state index is 5.66. The molecule has 5 heteroatoms. The lowest BCUT2D eigenvalue weighted by Crippen LogP contribution is -2.04. The number of aromatic nitrogens is 3. The maximum Gasteiger partial charge on any atom is 0.192 e. The number of nitrogens with zero attached hydrogens (tertiary/aromatic N) is 3. The van der Waals surface area contributed by atoms with Crippen LogP contribution < -0.4 is 5.73 Å². The zero-order chi connectivity index (χ0) is 11.0. The van der Waals surface area contributed by atoms with Gasteiger partial charge in [0.2, 0.25) is 0 Å². The normalized spacial score (nSPS) is 11.1. The van der Waals surface area contributed by atoms with Gasteiger partial charge in [-0.3, -0.25) is 0 Å². The van der Waals surface area contributed by atoms with Gasteiger partial charge < -0.3 is 5.73 Å². The molecule has 0 saturated carbocycles.